The van der Waals surface area contributed by atoms with E-state index in [2.05, 4.69) is 111 Å². The predicted octanol–water partition coefficient (Wildman–Crippen LogP) is 14.4. The average Bonchev–Trinajstić information content (AvgIpc) is 3.23. The largest absolute Gasteiger partial charge is 0.462 e. The second kappa shape index (κ2) is 46.1. The maximum Gasteiger partial charge on any atom is 0.306 e. The number of carbonyl (C=O) groups excluding carboxylic acids is 2. The molecule has 0 aliphatic carbocycles. The van der Waals surface area contributed by atoms with Crippen molar-refractivity contribution >= 4 is 11.9 Å². The molecule has 0 fully saturated rings. The van der Waals surface area contributed by atoms with Gasteiger partial charge in [0.05, 0.1) is 25.2 Å². The van der Waals surface area contributed by atoms with Crippen LogP contribution in [0.2, 0.25) is 0 Å². The van der Waals surface area contributed by atoms with Crippen LogP contribution >= 0.6 is 0 Å². The van der Waals surface area contributed by atoms with E-state index < -0.39 is 18.2 Å². The highest BCUT2D eigenvalue weighted by Crippen LogP contribution is 2.16. The maximum absolute atomic E-state index is 13.1. The monoisotopic (exact) mass is 822 g/mol. The van der Waals surface area contributed by atoms with Gasteiger partial charge in [0.25, 0.3) is 0 Å². The second-order valence-corrected chi connectivity index (χ2v) is 16.1. The van der Waals surface area contributed by atoms with Crippen molar-refractivity contribution in [2.45, 2.75) is 232 Å². The Bertz CT molecular complexity index is 1150. The smallest absolute Gasteiger partial charge is 0.306 e. The Balaban J connectivity index is 4.74. The predicted molar refractivity (Wildman–Crippen MR) is 254 cm³/mol. The molecule has 59 heavy (non-hydrogen) atoms. The summed E-state index contributed by atoms with van der Waals surface area (Å²) in [6.07, 6.45) is 59.3. The van der Waals surface area contributed by atoms with E-state index in [1.54, 1.807) is 0 Å². The van der Waals surface area contributed by atoms with Gasteiger partial charge >= 0.3 is 5.97 Å². The number of aliphatic hydroxyl groups is 2. The first kappa shape index (κ1) is 56.0. The van der Waals surface area contributed by atoms with Crippen molar-refractivity contribution in [1.29, 1.82) is 0 Å². The molecule has 0 saturated heterocycles. The summed E-state index contributed by atoms with van der Waals surface area (Å²) in [6.45, 7) is 6.29. The van der Waals surface area contributed by atoms with E-state index in [0.717, 1.165) is 103 Å². The lowest BCUT2D eigenvalue weighted by Gasteiger charge is -2.24. The summed E-state index contributed by atoms with van der Waals surface area (Å²) < 4.78 is 5.89. The van der Waals surface area contributed by atoms with Gasteiger partial charge in [-0.25, -0.2) is 0 Å². The summed E-state index contributed by atoms with van der Waals surface area (Å²) in [5.74, 6) is -0.557. The molecular formula is C53H91NO5. The molecule has 3 atom stereocenters. The van der Waals surface area contributed by atoms with E-state index >= 15 is 0 Å². The number of hydrogen-bond donors (Lipinski definition) is 3. The molecule has 0 rings (SSSR count). The molecule has 0 aliphatic rings. The molecule has 3 N–H and O–H groups in total. The first-order chi connectivity index (χ1) is 29.0. The topological polar surface area (TPSA) is 95.9 Å². The lowest BCUT2D eigenvalue weighted by atomic mass is 10.0. The van der Waals surface area contributed by atoms with Crippen molar-refractivity contribution < 1.29 is 24.5 Å². The minimum absolute atomic E-state index is 0.0342. The molecule has 0 aromatic carbocycles. The Morgan fingerprint density at radius 1 is 0.508 bits per heavy atom. The third-order valence-corrected chi connectivity index (χ3v) is 10.5. The summed E-state index contributed by atoms with van der Waals surface area (Å²) >= 11 is 0. The van der Waals surface area contributed by atoms with E-state index in [-0.39, 0.29) is 24.9 Å². The van der Waals surface area contributed by atoms with Gasteiger partial charge in [0.15, 0.2) is 0 Å². The molecule has 1 amide bonds. The number of carbonyl (C=O) groups is 2. The number of rotatable bonds is 42. The molecule has 3 unspecified atom stereocenters. The van der Waals surface area contributed by atoms with E-state index in [4.69, 9.17) is 4.74 Å². The number of amides is 1. The van der Waals surface area contributed by atoms with Crippen LogP contribution in [-0.4, -0.2) is 46.9 Å². The van der Waals surface area contributed by atoms with Crippen LogP contribution in [0.5, 0.6) is 0 Å². The second-order valence-electron chi connectivity index (χ2n) is 16.1. The Hall–Kier alpha value is -2.96. The molecule has 0 bridgehead atoms. The fraction of sp³-hybridized carbons (Fsp3) is 0.698. The number of nitrogens with one attached hydrogen (secondary N) is 1. The normalized spacial score (nSPS) is 14.1. The van der Waals surface area contributed by atoms with Crippen LogP contribution in [0.1, 0.15) is 213 Å². The van der Waals surface area contributed by atoms with Crippen LogP contribution in [0.4, 0.5) is 0 Å². The number of aliphatic hydroxyl groups excluding tert-OH is 2. The summed E-state index contributed by atoms with van der Waals surface area (Å²) in [5, 5.41) is 23.6. The van der Waals surface area contributed by atoms with Gasteiger partial charge < -0.3 is 20.3 Å². The molecule has 0 aromatic rings. The Morgan fingerprint density at radius 3 is 1.42 bits per heavy atom. The minimum Gasteiger partial charge on any atom is -0.462 e. The van der Waals surface area contributed by atoms with Crippen LogP contribution in [0, 0.1) is 0 Å². The molecule has 0 saturated carbocycles. The van der Waals surface area contributed by atoms with Crippen molar-refractivity contribution in [3.05, 3.63) is 85.1 Å². The molecule has 0 heterocycles. The lowest BCUT2D eigenvalue weighted by molar-refractivity contribution is -0.151. The van der Waals surface area contributed by atoms with E-state index in [1.807, 2.05) is 0 Å². The van der Waals surface area contributed by atoms with Crippen LogP contribution in [0.15, 0.2) is 85.1 Å². The van der Waals surface area contributed by atoms with Crippen molar-refractivity contribution in [1.82, 2.24) is 5.32 Å². The standard InChI is InChI=1S/C53H91NO5/c1-4-7-10-13-16-19-21-23-25-27-29-31-34-37-40-43-46-53(58)59-49(44-41-38-35-33-30-28-26-24-22-20-17-14-11-8-5-2)47-52(57)54-50(48-55)51(56)45-42-39-36-32-18-15-12-9-6-3/h7,10,16-17,19-20,23-26,29-31,33,49-51,55-56H,4-6,8-9,11-15,18,21-22,27-28,32,34-48H2,1-3H3,(H,54,57)/b10-7+,19-16+,20-17-,25-23+,26-24-,31-29+,33-30-. The highest BCUT2D eigenvalue weighted by atomic mass is 16.5. The highest BCUT2D eigenvalue weighted by molar-refractivity contribution is 5.77. The average molecular weight is 822 g/mol. The van der Waals surface area contributed by atoms with Crippen molar-refractivity contribution in [3.63, 3.8) is 0 Å². The van der Waals surface area contributed by atoms with E-state index in [1.165, 1.54) is 64.2 Å². The molecular weight excluding hydrogens is 731 g/mol. The Kier molecular flexibility index (Phi) is 43.8. The van der Waals surface area contributed by atoms with Crippen LogP contribution in [-0.2, 0) is 14.3 Å². The fourth-order valence-corrected chi connectivity index (χ4v) is 6.78. The van der Waals surface area contributed by atoms with Crippen LogP contribution in [0.25, 0.3) is 0 Å². The third-order valence-electron chi connectivity index (χ3n) is 10.5. The van der Waals surface area contributed by atoms with E-state index in [9.17, 15) is 19.8 Å². The van der Waals surface area contributed by atoms with Gasteiger partial charge in [-0.1, -0.05) is 183 Å². The molecule has 0 radical (unpaired) electrons. The third kappa shape index (κ3) is 41.6. The van der Waals surface area contributed by atoms with Gasteiger partial charge in [-0.3, -0.25) is 9.59 Å². The molecule has 0 spiro atoms. The minimum atomic E-state index is -0.806. The van der Waals surface area contributed by atoms with Crippen molar-refractivity contribution in [2.24, 2.45) is 0 Å². The zero-order valence-corrected chi connectivity index (χ0v) is 38.4. The van der Waals surface area contributed by atoms with Crippen molar-refractivity contribution in [3.8, 4) is 0 Å². The zero-order chi connectivity index (χ0) is 43.1. The molecule has 0 aromatic heterocycles. The lowest BCUT2D eigenvalue weighted by Crippen LogP contribution is -2.46. The SMILES string of the molecule is CC/C=C/C/C=C/C/C=C/C/C=C/CCCCCC(=O)OC(CCCC/C=C\C/C=C\C/C=C\CCCCC)CC(=O)NC(CO)C(O)CCCCCCCCCCC. The van der Waals surface area contributed by atoms with Gasteiger partial charge in [0.2, 0.25) is 5.91 Å². The van der Waals surface area contributed by atoms with E-state index in [0.29, 0.717) is 19.3 Å². The van der Waals surface area contributed by atoms with Gasteiger partial charge in [-0.2, -0.15) is 0 Å². The fourth-order valence-electron chi connectivity index (χ4n) is 6.78. The number of esters is 1. The number of allylic oxidation sites excluding steroid dienone is 14. The molecule has 338 valence electrons. The van der Waals surface area contributed by atoms with Crippen LogP contribution < -0.4 is 5.32 Å². The molecule has 0 aliphatic heterocycles. The summed E-state index contributed by atoms with van der Waals surface area (Å²) in [6, 6.07) is -0.723. The highest BCUT2D eigenvalue weighted by Gasteiger charge is 2.24. The molecule has 6 heteroatoms. The molecule has 6 nitrogen and oxygen atoms in total. The summed E-state index contributed by atoms with van der Waals surface area (Å²) in [5.41, 5.74) is 0. The first-order valence-corrected chi connectivity index (χ1v) is 24.3. The number of hydrogen-bond acceptors (Lipinski definition) is 5. The zero-order valence-electron chi connectivity index (χ0n) is 38.4. The van der Waals surface area contributed by atoms with Crippen LogP contribution in [0.3, 0.4) is 0 Å². The van der Waals surface area contributed by atoms with Crippen molar-refractivity contribution in [2.75, 3.05) is 6.61 Å². The quantitative estimate of drug-likeness (QED) is 0.0324. The summed E-state index contributed by atoms with van der Waals surface area (Å²) in [4.78, 5) is 26.1. The maximum atomic E-state index is 13.1. The van der Waals surface area contributed by atoms with Gasteiger partial charge in [0.1, 0.15) is 6.10 Å². The Morgan fingerprint density at radius 2 is 0.915 bits per heavy atom. The van der Waals surface area contributed by atoms with Gasteiger partial charge in [-0.05, 0) is 103 Å². The Labute approximate surface area is 363 Å². The van der Waals surface area contributed by atoms with Gasteiger partial charge in [0, 0.05) is 6.42 Å². The number of ether oxygens (including phenoxy) is 1. The van der Waals surface area contributed by atoms with Gasteiger partial charge in [-0.15, -0.1) is 0 Å². The first-order valence-electron chi connectivity index (χ1n) is 24.3. The summed E-state index contributed by atoms with van der Waals surface area (Å²) in [7, 11) is 0. The number of unbranched alkanes of at least 4 members (excludes halogenated alkanes) is 16.